The smallest absolute Gasteiger partial charge is 0.416 e. The van der Waals surface area contributed by atoms with E-state index in [0.29, 0.717) is 30.4 Å². The number of anilines is 1. The van der Waals surface area contributed by atoms with Crippen LogP contribution in [0.4, 0.5) is 10.5 Å². The van der Waals surface area contributed by atoms with Crippen molar-refractivity contribution in [3.63, 3.8) is 0 Å². The van der Waals surface area contributed by atoms with Crippen LogP contribution in [-0.4, -0.2) is 62.0 Å². The third-order valence-corrected chi connectivity index (χ3v) is 6.89. The van der Waals surface area contributed by atoms with Gasteiger partial charge in [0.1, 0.15) is 18.9 Å². The predicted octanol–water partition coefficient (Wildman–Crippen LogP) is 4.78. The number of benzene rings is 3. The molecule has 0 N–H and O–H groups in total. The van der Waals surface area contributed by atoms with Gasteiger partial charge >= 0.3 is 12.1 Å². The molecule has 0 saturated heterocycles. The van der Waals surface area contributed by atoms with Crippen LogP contribution in [0.3, 0.4) is 0 Å². The van der Waals surface area contributed by atoms with E-state index in [0.717, 1.165) is 16.1 Å². The number of methoxy groups -OCH3 is 1. The number of fused-ring (bicyclic) bond motifs is 1. The zero-order chi connectivity index (χ0) is 27.6. The zero-order valence-electron chi connectivity index (χ0n) is 21.8. The predicted molar refractivity (Wildman–Crippen MR) is 148 cm³/mol. The molecule has 204 valence electrons. The Morgan fingerprint density at radius 3 is 2.44 bits per heavy atom. The van der Waals surface area contributed by atoms with Crippen molar-refractivity contribution in [1.29, 1.82) is 0 Å². The molecule has 0 aromatic heterocycles. The summed E-state index contributed by atoms with van der Waals surface area (Å²) in [5, 5.41) is 0. The van der Waals surface area contributed by atoms with Gasteiger partial charge in [-0.25, -0.2) is 4.79 Å². The van der Waals surface area contributed by atoms with Gasteiger partial charge in [0, 0.05) is 11.4 Å². The van der Waals surface area contributed by atoms with E-state index < -0.39 is 12.1 Å². The Labute approximate surface area is 231 Å². The van der Waals surface area contributed by atoms with Gasteiger partial charge in [-0.15, -0.1) is 11.8 Å². The van der Waals surface area contributed by atoms with Gasteiger partial charge in [0.25, 0.3) is 0 Å². The summed E-state index contributed by atoms with van der Waals surface area (Å²) in [5.74, 6) is 1.20. The van der Waals surface area contributed by atoms with Crippen molar-refractivity contribution in [3.05, 3.63) is 78.4 Å². The van der Waals surface area contributed by atoms with E-state index in [1.165, 1.54) is 12.0 Å². The lowest BCUT2D eigenvalue weighted by molar-refractivity contribution is -0.144. The maximum Gasteiger partial charge on any atom is 0.416 e. The standard InChI is InChI=1S/C29H30N2O7S/c1-3-36-28(33)19-30(29(34)38-25-10-6-5-9-24(25)35-2)18-21-12-14-22(15-13-21)37-17-16-31-23-8-4-7-11-26(23)39-20-27(31)32/h4-15H,3,16-20H2,1-2H3. The molecule has 4 rings (SSSR count). The van der Waals surface area contributed by atoms with Crippen molar-refractivity contribution in [1.82, 2.24) is 4.90 Å². The fourth-order valence-corrected chi connectivity index (χ4v) is 4.91. The van der Waals surface area contributed by atoms with Gasteiger partial charge in [0.15, 0.2) is 11.5 Å². The number of carbonyl (C=O) groups is 3. The number of amides is 2. The summed E-state index contributed by atoms with van der Waals surface area (Å²) in [6.45, 7) is 2.50. The van der Waals surface area contributed by atoms with Gasteiger partial charge in [-0.3, -0.25) is 14.5 Å². The monoisotopic (exact) mass is 550 g/mol. The molecule has 2 amide bonds. The van der Waals surface area contributed by atoms with Crippen LogP contribution >= 0.6 is 11.8 Å². The van der Waals surface area contributed by atoms with E-state index in [1.807, 2.05) is 36.4 Å². The van der Waals surface area contributed by atoms with Crippen LogP contribution in [0.15, 0.2) is 77.7 Å². The first kappa shape index (κ1) is 27.8. The minimum absolute atomic E-state index is 0.0550. The second-order valence-electron chi connectivity index (χ2n) is 8.47. The van der Waals surface area contributed by atoms with Crippen molar-refractivity contribution in [2.45, 2.75) is 18.4 Å². The zero-order valence-corrected chi connectivity index (χ0v) is 22.6. The number of hydrogen-bond donors (Lipinski definition) is 0. The second kappa shape index (κ2) is 13.6. The lowest BCUT2D eigenvalue weighted by Crippen LogP contribution is -2.38. The molecule has 39 heavy (non-hydrogen) atoms. The lowest BCUT2D eigenvalue weighted by atomic mass is 10.2. The van der Waals surface area contributed by atoms with Gasteiger partial charge in [-0.2, -0.15) is 0 Å². The van der Waals surface area contributed by atoms with Crippen LogP contribution in [0.1, 0.15) is 12.5 Å². The average Bonchev–Trinajstić information content (AvgIpc) is 2.95. The SMILES string of the molecule is CCOC(=O)CN(Cc1ccc(OCCN2C(=O)CSc3ccccc32)cc1)C(=O)Oc1ccccc1OC. The van der Waals surface area contributed by atoms with Crippen LogP contribution in [0.25, 0.3) is 0 Å². The number of nitrogens with zero attached hydrogens (tertiary/aromatic N) is 2. The van der Waals surface area contributed by atoms with Crippen molar-refractivity contribution in [3.8, 4) is 17.2 Å². The highest BCUT2D eigenvalue weighted by Gasteiger charge is 2.24. The van der Waals surface area contributed by atoms with Crippen LogP contribution in [0.2, 0.25) is 0 Å². The first-order valence-corrected chi connectivity index (χ1v) is 13.5. The van der Waals surface area contributed by atoms with E-state index >= 15 is 0 Å². The molecule has 10 heteroatoms. The number of thioether (sulfide) groups is 1. The highest BCUT2D eigenvalue weighted by Crippen LogP contribution is 2.34. The Morgan fingerprint density at radius 1 is 0.974 bits per heavy atom. The molecular formula is C29H30N2O7S. The van der Waals surface area contributed by atoms with Gasteiger partial charge in [-0.1, -0.05) is 36.4 Å². The lowest BCUT2D eigenvalue weighted by Gasteiger charge is -2.28. The maximum atomic E-state index is 13.0. The largest absolute Gasteiger partial charge is 0.493 e. The van der Waals surface area contributed by atoms with E-state index in [1.54, 1.807) is 60.0 Å². The minimum atomic E-state index is -0.711. The molecule has 9 nitrogen and oxygen atoms in total. The minimum Gasteiger partial charge on any atom is -0.493 e. The maximum absolute atomic E-state index is 13.0. The Bertz CT molecular complexity index is 1300. The molecule has 1 heterocycles. The topological polar surface area (TPSA) is 94.6 Å². The third kappa shape index (κ3) is 7.44. The molecule has 0 spiro atoms. The van der Waals surface area contributed by atoms with Crippen molar-refractivity contribution in [2.75, 3.05) is 44.1 Å². The molecule has 0 fully saturated rings. The molecule has 0 bridgehead atoms. The summed E-state index contributed by atoms with van der Waals surface area (Å²) in [6, 6.07) is 21.8. The fourth-order valence-electron chi connectivity index (χ4n) is 3.97. The van der Waals surface area contributed by atoms with E-state index in [2.05, 4.69) is 0 Å². The Kier molecular flexibility index (Phi) is 9.69. The molecule has 0 aliphatic carbocycles. The normalized spacial score (nSPS) is 12.4. The molecule has 0 atom stereocenters. The summed E-state index contributed by atoms with van der Waals surface area (Å²) < 4.78 is 21.7. The summed E-state index contributed by atoms with van der Waals surface area (Å²) in [7, 11) is 1.48. The number of carbonyl (C=O) groups excluding carboxylic acids is 3. The third-order valence-electron chi connectivity index (χ3n) is 5.84. The highest BCUT2D eigenvalue weighted by molar-refractivity contribution is 8.00. The van der Waals surface area contributed by atoms with Crippen molar-refractivity contribution in [2.24, 2.45) is 0 Å². The summed E-state index contributed by atoms with van der Waals surface area (Å²) in [6.07, 6.45) is -0.711. The van der Waals surface area contributed by atoms with E-state index in [4.69, 9.17) is 18.9 Å². The Morgan fingerprint density at radius 2 is 1.69 bits per heavy atom. The number of esters is 1. The van der Waals surface area contributed by atoms with Gasteiger partial charge in [0.2, 0.25) is 5.91 Å². The molecule has 3 aromatic rings. The van der Waals surface area contributed by atoms with Crippen LogP contribution < -0.4 is 19.1 Å². The van der Waals surface area contributed by atoms with Crippen molar-refractivity contribution >= 4 is 35.4 Å². The Hall–Kier alpha value is -4.18. The quantitative estimate of drug-likeness (QED) is 0.315. The van der Waals surface area contributed by atoms with Crippen LogP contribution in [0.5, 0.6) is 17.2 Å². The average molecular weight is 551 g/mol. The van der Waals surface area contributed by atoms with Gasteiger partial charge < -0.3 is 23.8 Å². The molecular weight excluding hydrogens is 520 g/mol. The number of rotatable bonds is 11. The number of ether oxygens (including phenoxy) is 4. The molecule has 3 aromatic carbocycles. The number of hydrogen-bond acceptors (Lipinski definition) is 8. The molecule has 0 radical (unpaired) electrons. The second-order valence-corrected chi connectivity index (χ2v) is 9.49. The van der Waals surface area contributed by atoms with Crippen LogP contribution in [-0.2, 0) is 20.9 Å². The fraction of sp³-hybridized carbons (Fsp3) is 0.276. The van der Waals surface area contributed by atoms with Gasteiger partial charge in [-0.05, 0) is 48.9 Å². The first-order valence-electron chi connectivity index (χ1n) is 12.5. The van der Waals surface area contributed by atoms with Crippen LogP contribution in [0, 0.1) is 0 Å². The summed E-state index contributed by atoms with van der Waals surface area (Å²) in [5.41, 5.74) is 1.67. The Balaban J connectivity index is 1.37. The summed E-state index contributed by atoms with van der Waals surface area (Å²) >= 11 is 1.54. The number of para-hydroxylation sites is 3. The van der Waals surface area contributed by atoms with Gasteiger partial charge in [0.05, 0.1) is 31.7 Å². The van der Waals surface area contributed by atoms with Crippen molar-refractivity contribution < 1.29 is 33.3 Å². The highest BCUT2D eigenvalue weighted by atomic mass is 32.2. The van der Waals surface area contributed by atoms with E-state index in [9.17, 15) is 14.4 Å². The first-order chi connectivity index (χ1) is 19.0. The molecule has 0 unspecified atom stereocenters. The summed E-state index contributed by atoms with van der Waals surface area (Å²) in [4.78, 5) is 41.7. The molecule has 1 aliphatic heterocycles. The molecule has 1 aliphatic rings. The van der Waals surface area contributed by atoms with E-state index in [-0.39, 0.29) is 31.4 Å². The molecule has 0 saturated carbocycles.